The monoisotopic (exact) mass is 339 g/mol. The zero-order valence-corrected chi connectivity index (χ0v) is 12.6. The first-order chi connectivity index (χ1) is 10.9. The Hall–Kier alpha value is -2.56. The highest BCUT2D eigenvalue weighted by Crippen LogP contribution is 2.16. The SMILES string of the molecule is Cc1onc(C(=O)Nc2ccc(COS(=O)[O-])cc2)c1C(=O)O. The lowest BCUT2D eigenvalue weighted by Gasteiger charge is -2.07. The number of aryl methyl sites for hydroxylation is 1. The topological polar surface area (TPSA) is 142 Å². The summed E-state index contributed by atoms with van der Waals surface area (Å²) in [6.45, 7) is 1.26. The molecule has 10 heteroatoms. The van der Waals surface area contributed by atoms with Gasteiger partial charge in [-0.25, -0.2) is 9.00 Å². The number of aromatic nitrogens is 1. The standard InChI is InChI=1S/C13H12N2O7S/c1-7-10(13(17)18)11(15-22-7)12(16)14-9-4-2-8(3-5-9)6-21-23(19)20/h2-5H,6H2,1H3,(H,14,16)(H,17,18)(H,19,20)/p-1. The summed E-state index contributed by atoms with van der Waals surface area (Å²) in [6.07, 6.45) is 0. The molecule has 1 atom stereocenters. The van der Waals surface area contributed by atoms with Gasteiger partial charge in [0.1, 0.15) is 11.3 Å². The van der Waals surface area contributed by atoms with Crippen molar-refractivity contribution in [1.29, 1.82) is 0 Å². The summed E-state index contributed by atoms with van der Waals surface area (Å²) in [5.41, 5.74) is 0.323. The van der Waals surface area contributed by atoms with Gasteiger partial charge in [0.2, 0.25) is 0 Å². The number of benzene rings is 1. The number of nitrogens with zero attached hydrogens (tertiary/aromatic N) is 1. The highest BCUT2D eigenvalue weighted by molar-refractivity contribution is 7.74. The molecule has 2 N–H and O–H groups in total. The molecule has 0 spiro atoms. The third kappa shape index (κ3) is 4.22. The van der Waals surface area contributed by atoms with Crippen molar-refractivity contribution in [1.82, 2.24) is 5.16 Å². The van der Waals surface area contributed by atoms with Gasteiger partial charge in [0.05, 0.1) is 18.0 Å². The molecule has 1 aromatic carbocycles. The summed E-state index contributed by atoms with van der Waals surface area (Å²) in [7, 11) is 0. The van der Waals surface area contributed by atoms with E-state index in [-0.39, 0.29) is 23.6 Å². The summed E-state index contributed by atoms with van der Waals surface area (Å²) < 4.78 is 29.7. The van der Waals surface area contributed by atoms with Gasteiger partial charge in [-0.3, -0.25) is 8.98 Å². The molecule has 23 heavy (non-hydrogen) atoms. The van der Waals surface area contributed by atoms with E-state index < -0.39 is 23.2 Å². The molecule has 2 aromatic rings. The summed E-state index contributed by atoms with van der Waals surface area (Å²) in [4.78, 5) is 23.1. The Morgan fingerprint density at radius 1 is 1.39 bits per heavy atom. The summed E-state index contributed by atoms with van der Waals surface area (Å²) in [5, 5.41) is 15.0. The van der Waals surface area contributed by atoms with Crippen LogP contribution in [-0.2, 0) is 22.2 Å². The second kappa shape index (κ2) is 7.13. The van der Waals surface area contributed by atoms with Crippen LogP contribution in [0.3, 0.4) is 0 Å². The van der Waals surface area contributed by atoms with Crippen molar-refractivity contribution in [3.8, 4) is 0 Å². The number of carbonyl (C=O) groups is 2. The molecule has 0 saturated heterocycles. The maximum Gasteiger partial charge on any atom is 0.341 e. The minimum absolute atomic E-state index is 0.0285. The van der Waals surface area contributed by atoms with Crippen LogP contribution in [-0.4, -0.2) is 30.9 Å². The minimum atomic E-state index is -2.60. The predicted molar refractivity (Wildman–Crippen MR) is 76.3 cm³/mol. The van der Waals surface area contributed by atoms with Crippen LogP contribution in [0.15, 0.2) is 28.8 Å². The van der Waals surface area contributed by atoms with Crippen LogP contribution in [0.2, 0.25) is 0 Å². The molecule has 0 aliphatic carbocycles. The molecule has 122 valence electrons. The maximum absolute atomic E-state index is 12.0. The molecule has 0 saturated carbocycles. The Kier molecular flexibility index (Phi) is 5.21. The predicted octanol–water partition coefficient (Wildman–Crippen LogP) is 1.24. The van der Waals surface area contributed by atoms with Crippen molar-refractivity contribution < 1.29 is 32.2 Å². The fourth-order valence-corrected chi connectivity index (χ4v) is 2.00. The fourth-order valence-electron chi connectivity index (χ4n) is 1.77. The van der Waals surface area contributed by atoms with Gasteiger partial charge < -0.3 is 19.5 Å². The second-order valence-electron chi connectivity index (χ2n) is 4.38. The molecular formula is C13H11N2O7S-. The van der Waals surface area contributed by atoms with Crippen LogP contribution in [0.5, 0.6) is 0 Å². The van der Waals surface area contributed by atoms with Crippen LogP contribution in [0, 0.1) is 6.92 Å². The van der Waals surface area contributed by atoms with Crippen LogP contribution >= 0.6 is 0 Å². The molecule has 2 rings (SSSR count). The first kappa shape index (κ1) is 16.8. The van der Waals surface area contributed by atoms with E-state index in [1.165, 1.54) is 19.1 Å². The maximum atomic E-state index is 12.0. The van der Waals surface area contributed by atoms with Gasteiger partial charge in [0, 0.05) is 5.69 Å². The highest BCUT2D eigenvalue weighted by Gasteiger charge is 2.25. The third-order valence-electron chi connectivity index (χ3n) is 2.83. The molecule has 0 aliphatic rings. The number of carboxylic acid groups (broad SMARTS) is 1. The van der Waals surface area contributed by atoms with Gasteiger partial charge in [-0.15, -0.1) is 0 Å². The average Bonchev–Trinajstić information content (AvgIpc) is 2.88. The fraction of sp³-hybridized carbons (Fsp3) is 0.154. The Morgan fingerprint density at radius 2 is 2.04 bits per heavy atom. The van der Waals surface area contributed by atoms with Crippen molar-refractivity contribution in [3.05, 3.63) is 46.8 Å². The summed E-state index contributed by atoms with van der Waals surface area (Å²) in [6, 6.07) is 6.12. The van der Waals surface area contributed by atoms with E-state index in [2.05, 4.69) is 14.7 Å². The lowest BCUT2D eigenvalue weighted by atomic mass is 10.1. The average molecular weight is 339 g/mol. The van der Waals surface area contributed by atoms with E-state index in [9.17, 15) is 18.4 Å². The molecule has 1 heterocycles. The van der Waals surface area contributed by atoms with Crippen molar-refractivity contribution >= 4 is 28.9 Å². The van der Waals surface area contributed by atoms with E-state index in [0.717, 1.165) is 0 Å². The number of rotatable bonds is 6. The highest BCUT2D eigenvalue weighted by atomic mass is 32.2. The van der Waals surface area contributed by atoms with E-state index in [4.69, 9.17) is 9.63 Å². The molecule has 9 nitrogen and oxygen atoms in total. The number of hydrogen-bond acceptors (Lipinski definition) is 7. The molecule has 0 aliphatic heterocycles. The smallest absolute Gasteiger partial charge is 0.341 e. The summed E-state index contributed by atoms with van der Waals surface area (Å²) >= 11 is -2.60. The Morgan fingerprint density at radius 3 is 2.61 bits per heavy atom. The number of carbonyl (C=O) groups excluding carboxylic acids is 1. The van der Waals surface area contributed by atoms with Crippen molar-refractivity contribution in [2.24, 2.45) is 0 Å². The van der Waals surface area contributed by atoms with Gasteiger partial charge in [-0.05, 0) is 24.6 Å². The molecule has 0 fully saturated rings. The van der Waals surface area contributed by atoms with Gasteiger partial charge in [0.25, 0.3) is 5.91 Å². The number of anilines is 1. The molecule has 0 radical (unpaired) electrons. The first-order valence-corrected chi connectivity index (χ1v) is 7.21. The largest absolute Gasteiger partial charge is 0.750 e. The number of nitrogens with one attached hydrogen (secondary N) is 1. The normalized spacial score (nSPS) is 11.9. The minimum Gasteiger partial charge on any atom is -0.750 e. The van der Waals surface area contributed by atoms with E-state index >= 15 is 0 Å². The van der Waals surface area contributed by atoms with E-state index in [1.54, 1.807) is 12.1 Å². The molecule has 1 amide bonds. The molecule has 0 bridgehead atoms. The van der Waals surface area contributed by atoms with Crippen molar-refractivity contribution in [2.45, 2.75) is 13.5 Å². The van der Waals surface area contributed by atoms with Crippen LogP contribution in [0.1, 0.15) is 32.2 Å². The van der Waals surface area contributed by atoms with Crippen molar-refractivity contribution in [2.75, 3.05) is 5.32 Å². The number of amides is 1. The first-order valence-electron chi connectivity index (χ1n) is 6.21. The Balaban J connectivity index is 2.09. The molecule has 1 unspecified atom stereocenters. The van der Waals surface area contributed by atoms with Gasteiger partial charge in [-0.1, -0.05) is 17.3 Å². The van der Waals surface area contributed by atoms with E-state index in [0.29, 0.717) is 11.3 Å². The lowest BCUT2D eigenvalue weighted by molar-refractivity contribution is 0.0691. The van der Waals surface area contributed by atoms with Gasteiger partial charge in [0.15, 0.2) is 5.69 Å². The molecule has 1 aromatic heterocycles. The summed E-state index contributed by atoms with van der Waals surface area (Å²) in [5.74, 6) is -2.02. The van der Waals surface area contributed by atoms with Crippen LogP contribution in [0.25, 0.3) is 0 Å². The van der Waals surface area contributed by atoms with Gasteiger partial charge >= 0.3 is 5.97 Å². The second-order valence-corrected chi connectivity index (χ2v) is 5.03. The Labute approximate surface area is 132 Å². The quantitative estimate of drug-likeness (QED) is 0.749. The zero-order chi connectivity index (χ0) is 17.0. The number of aromatic carboxylic acids is 1. The Bertz CT molecular complexity index is 754. The van der Waals surface area contributed by atoms with Crippen molar-refractivity contribution in [3.63, 3.8) is 0 Å². The van der Waals surface area contributed by atoms with Crippen LogP contribution in [0.4, 0.5) is 5.69 Å². The van der Waals surface area contributed by atoms with Gasteiger partial charge in [-0.2, -0.15) is 0 Å². The van der Waals surface area contributed by atoms with Crippen LogP contribution < -0.4 is 5.32 Å². The third-order valence-corrected chi connectivity index (χ3v) is 3.14. The number of carboxylic acids is 1. The van der Waals surface area contributed by atoms with E-state index in [1.807, 2.05) is 0 Å². The zero-order valence-electron chi connectivity index (χ0n) is 11.8. The number of hydrogen-bond donors (Lipinski definition) is 2. The lowest BCUT2D eigenvalue weighted by Crippen LogP contribution is -2.16. The molecular weight excluding hydrogens is 328 g/mol.